The molecule has 122 valence electrons. The number of halogens is 1. The maximum absolute atomic E-state index is 12.9. The summed E-state index contributed by atoms with van der Waals surface area (Å²) in [6.45, 7) is 1.79. The van der Waals surface area contributed by atoms with E-state index in [9.17, 15) is 9.18 Å². The Morgan fingerprint density at radius 3 is 2.91 bits per heavy atom. The molecule has 0 spiro atoms. The van der Waals surface area contributed by atoms with Crippen molar-refractivity contribution in [2.24, 2.45) is 0 Å². The third-order valence-electron chi connectivity index (χ3n) is 4.08. The molecule has 0 radical (unpaired) electrons. The van der Waals surface area contributed by atoms with Crippen LogP contribution >= 0.6 is 11.3 Å². The summed E-state index contributed by atoms with van der Waals surface area (Å²) in [7, 11) is 1.91. The number of hydrogen-bond donors (Lipinski definition) is 0. The number of nitrogens with zero attached hydrogens (tertiary/aromatic N) is 3. The van der Waals surface area contributed by atoms with Gasteiger partial charge in [-0.1, -0.05) is 12.1 Å². The number of thiazole rings is 1. The minimum absolute atomic E-state index is 0.127. The van der Waals surface area contributed by atoms with Crippen LogP contribution in [-0.4, -0.2) is 40.8 Å². The lowest BCUT2D eigenvalue weighted by molar-refractivity contribution is -0.133. The molecule has 2 heterocycles. The number of aromatic nitrogens is 1. The summed E-state index contributed by atoms with van der Waals surface area (Å²) < 4.78 is 12.9. The second-order valence-electron chi connectivity index (χ2n) is 5.91. The predicted molar refractivity (Wildman–Crippen MR) is 88.5 cm³/mol. The van der Waals surface area contributed by atoms with Crippen LogP contribution in [0.15, 0.2) is 35.8 Å². The van der Waals surface area contributed by atoms with E-state index in [2.05, 4.69) is 4.98 Å². The third-order valence-corrected chi connectivity index (χ3v) is 4.96. The Balaban J connectivity index is 1.58. The van der Waals surface area contributed by atoms with Gasteiger partial charge in [0.2, 0.25) is 5.91 Å². The van der Waals surface area contributed by atoms with Gasteiger partial charge < -0.3 is 4.90 Å². The second kappa shape index (κ2) is 7.19. The summed E-state index contributed by atoms with van der Waals surface area (Å²) in [6.07, 6.45) is 3.81. The fourth-order valence-electron chi connectivity index (χ4n) is 3.00. The van der Waals surface area contributed by atoms with Crippen LogP contribution in [-0.2, 0) is 11.3 Å². The Kier molecular flexibility index (Phi) is 5.03. The van der Waals surface area contributed by atoms with Crippen LogP contribution in [0.4, 0.5) is 4.39 Å². The van der Waals surface area contributed by atoms with Gasteiger partial charge in [-0.25, -0.2) is 9.37 Å². The summed E-state index contributed by atoms with van der Waals surface area (Å²) in [5.74, 6) is -0.108. The van der Waals surface area contributed by atoms with Gasteiger partial charge >= 0.3 is 0 Å². The number of amides is 1. The molecule has 0 saturated carbocycles. The molecule has 0 bridgehead atoms. The highest BCUT2D eigenvalue weighted by Crippen LogP contribution is 2.32. The van der Waals surface area contributed by atoms with E-state index < -0.39 is 0 Å². The molecule has 23 heavy (non-hydrogen) atoms. The van der Waals surface area contributed by atoms with Crippen LogP contribution in [0.5, 0.6) is 0 Å². The fourth-order valence-corrected chi connectivity index (χ4v) is 3.79. The molecule has 2 aromatic rings. The Morgan fingerprint density at radius 2 is 2.22 bits per heavy atom. The number of hydrogen-bond acceptors (Lipinski definition) is 4. The van der Waals surface area contributed by atoms with Crippen LogP contribution in [0.2, 0.25) is 0 Å². The van der Waals surface area contributed by atoms with E-state index >= 15 is 0 Å². The number of rotatable bonds is 5. The summed E-state index contributed by atoms with van der Waals surface area (Å²) >= 11 is 1.61. The Bertz CT molecular complexity index is 644. The monoisotopic (exact) mass is 333 g/mol. The minimum Gasteiger partial charge on any atom is -0.332 e. The number of benzene rings is 1. The van der Waals surface area contributed by atoms with E-state index in [1.54, 1.807) is 29.7 Å². The molecule has 1 aromatic heterocycles. The van der Waals surface area contributed by atoms with Gasteiger partial charge in [0.25, 0.3) is 0 Å². The molecule has 1 amide bonds. The molecule has 1 atom stereocenters. The number of carbonyl (C=O) groups is 1. The lowest BCUT2D eigenvalue weighted by Gasteiger charge is -2.26. The van der Waals surface area contributed by atoms with Gasteiger partial charge in [0.1, 0.15) is 10.8 Å². The van der Waals surface area contributed by atoms with Crippen molar-refractivity contribution >= 4 is 17.2 Å². The highest BCUT2D eigenvalue weighted by atomic mass is 32.1. The average Bonchev–Trinajstić information content (AvgIpc) is 3.19. The van der Waals surface area contributed by atoms with Crippen molar-refractivity contribution in [3.63, 3.8) is 0 Å². The predicted octanol–water partition coefficient (Wildman–Crippen LogP) is 3.08. The van der Waals surface area contributed by atoms with Crippen LogP contribution in [0.1, 0.15) is 29.5 Å². The van der Waals surface area contributed by atoms with Gasteiger partial charge in [-0.3, -0.25) is 9.69 Å². The molecule has 0 N–H and O–H groups in total. The van der Waals surface area contributed by atoms with Crippen molar-refractivity contribution in [2.75, 3.05) is 20.1 Å². The summed E-state index contributed by atoms with van der Waals surface area (Å²) in [5, 5.41) is 2.98. The first-order valence-corrected chi connectivity index (χ1v) is 8.63. The molecule has 0 aliphatic carbocycles. The normalized spacial score (nSPS) is 17.9. The SMILES string of the molecule is CN(CC(=O)N1CCCC1c1nccs1)Cc1ccc(F)cc1. The fraction of sp³-hybridized carbons (Fsp3) is 0.412. The van der Waals surface area contributed by atoms with Crippen molar-refractivity contribution in [1.82, 2.24) is 14.8 Å². The van der Waals surface area contributed by atoms with Gasteiger partial charge in [-0.05, 0) is 37.6 Å². The molecule has 4 nitrogen and oxygen atoms in total. The van der Waals surface area contributed by atoms with Crippen molar-refractivity contribution in [2.45, 2.75) is 25.4 Å². The molecule has 1 aliphatic heterocycles. The Labute approximate surface area is 139 Å². The first-order valence-electron chi connectivity index (χ1n) is 7.75. The lowest BCUT2D eigenvalue weighted by atomic mass is 10.2. The van der Waals surface area contributed by atoms with E-state index in [-0.39, 0.29) is 17.8 Å². The van der Waals surface area contributed by atoms with E-state index in [0.717, 1.165) is 30.0 Å². The maximum Gasteiger partial charge on any atom is 0.237 e. The largest absolute Gasteiger partial charge is 0.332 e. The molecular weight excluding hydrogens is 313 g/mol. The number of likely N-dealkylation sites (N-methyl/N-ethyl adjacent to an activating group) is 1. The number of likely N-dealkylation sites (tertiary alicyclic amines) is 1. The third kappa shape index (κ3) is 3.95. The van der Waals surface area contributed by atoms with E-state index in [1.165, 1.54) is 12.1 Å². The molecule has 3 rings (SSSR count). The summed E-state index contributed by atoms with van der Waals surface area (Å²) in [5.41, 5.74) is 1.000. The molecule has 6 heteroatoms. The van der Waals surface area contributed by atoms with E-state index in [0.29, 0.717) is 13.1 Å². The first kappa shape index (κ1) is 16.1. The van der Waals surface area contributed by atoms with Gasteiger partial charge in [-0.15, -0.1) is 11.3 Å². The van der Waals surface area contributed by atoms with Crippen molar-refractivity contribution in [1.29, 1.82) is 0 Å². The van der Waals surface area contributed by atoms with Crippen LogP contribution < -0.4 is 0 Å². The molecule has 1 aliphatic rings. The van der Waals surface area contributed by atoms with Crippen molar-refractivity contribution in [3.05, 3.63) is 52.2 Å². The Hall–Kier alpha value is -1.79. The standard InChI is InChI=1S/C17H20FN3OS/c1-20(11-13-4-6-14(18)7-5-13)12-16(22)21-9-2-3-15(21)17-19-8-10-23-17/h4-8,10,15H,2-3,9,11-12H2,1H3. The van der Waals surface area contributed by atoms with E-state index in [4.69, 9.17) is 0 Å². The second-order valence-corrected chi connectivity index (χ2v) is 6.84. The zero-order valence-corrected chi connectivity index (χ0v) is 13.9. The zero-order chi connectivity index (χ0) is 16.2. The quantitative estimate of drug-likeness (QED) is 0.844. The number of carbonyl (C=O) groups excluding carboxylic acids is 1. The molecule has 1 fully saturated rings. The van der Waals surface area contributed by atoms with Gasteiger partial charge in [-0.2, -0.15) is 0 Å². The smallest absolute Gasteiger partial charge is 0.237 e. The average molecular weight is 333 g/mol. The van der Waals surface area contributed by atoms with Gasteiger partial charge in [0, 0.05) is 24.7 Å². The van der Waals surface area contributed by atoms with Gasteiger partial charge in [0.15, 0.2) is 0 Å². The lowest BCUT2D eigenvalue weighted by Crippen LogP contribution is -2.38. The molecule has 1 aromatic carbocycles. The summed E-state index contributed by atoms with van der Waals surface area (Å²) in [6, 6.07) is 6.53. The maximum atomic E-state index is 12.9. The highest BCUT2D eigenvalue weighted by molar-refractivity contribution is 7.09. The zero-order valence-electron chi connectivity index (χ0n) is 13.1. The topological polar surface area (TPSA) is 36.4 Å². The van der Waals surface area contributed by atoms with Crippen LogP contribution in [0.3, 0.4) is 0 Å². The van der Waals surface area contributed by atoms with Crippen LogP contribution in [0, 0.1) is 5.82 Å². The van der Waals surface area contributed by atoms with Crippen LogP contribution in [0.25, 0.3) is 0 Å². The molecular formula is C17H20FN3OS. The highest BCUT2D eigenvalue weighted by Gasteiger charge is 2.31. The van der Waals surface area contributed by atoms with Gasteiger partial charge in [0.05, 0.1) is 12.6 Å². The molecule has 1 saturated heterocycles. The van der Waals surface area contributed by atoms with Crippen molar-refractivity contribution in [3.8, 4) is 0 Å². The summed E-state index contributed by atoms with van der Waals surface area (Å²) in [4.78, 5) is 20.9. The molecule has 1 unspecified atom stereocenters. The Morgan fingerprint density at radius 1 is 1.43 bits per heavy atom. The first-order chi connectivity index (χ1) is 11.1. The minimum atomic E-state index is -0.240. The van der Waals surface area contributed by atoms with E-state index in [1.807, 2.05) is 22.2 Å². The van der Waals surface area contributed by atoms with Crippen molar-refractivity contribution < 1.29 is 9.18 Å².